The average molecular weight is 383 g/mol. The van der Waals surface area contributed by atoms with Crippen molar-refractivity contribution in [1.29, 1.82) is 0 Å². The molecule has 0 unspecified atom stereocenters. The van der Waals surface area contributed by atoms with E-state index in [1.54, 1.807) is 17.9 Å². The Morgan fingerprint density at radius 1 is 1.15 bits per heavy atom. The third kappa shape index (κ3) is 4.03. The molecule has 0 saturated heterocycles. The predicted molar refractivity (Wildman–Crippen MR) is 108 cm³/mol. The molecular formula is C20H21N3O3S. The van der Waals surface area contributed by atoms with Gasteiger partial charge in [0.15, 0.2) is 0 Å². The highest BCUT2D eigenvalue weighted by molar-refractivity contribution is 7.07. The van der Waals surface area contributed by atoms with Crippen LogP contribution in [0.15, 0.2) is 57.9 Å². The van der Waals surface area contributed by atoms with Crippen LogP contribution in [0.3, 0.4) is 0 Å². The zero-order valence-electron chi connectivity index (χ0n) is 15.4. The number of hydrogen-bond donors (Lipinski definition) is 2. The summed E-state index contributed by atoms with van der Waals surface area (Å²) in [5, 5.41) is 26.3. The Balaban J connectivity index is 2.12. The van der Waals surface area contributed by atoms with Crippen LogP contribution < -0.4 is 9.54 Å². The van der Waals surface area contributed by atoms with Gasteiger partial charge in [0.1, 0.15) is 17.2 Å². The Morgan fingerprint density at radius 2 is 1.89 bits per heavy atom. The van der Waals surface area contributed by atoms with Crippen molar-refractivity contribution in [2.75, 3.05) is 13.7 Å². The summed E-state index contributed by atoms with van der Waals surface area (Å²) in [4.78, 5) is 5.28. The Morgan fingerprint density at radius 3 is 2.52 bits per heavy atom. The van der Waals surface area contributed by atoms with Crippen molar-refractivity contribution in [3.05, 3.63) is 58.2 Å². The first-order chi connectivity index (χ1) is 13.0. The van der Waals surface area contributed by atoms with E-state index in [2.05, 4.69) is 4.99 Å². The van der Waals surface area contributed by atoms with Crippen molar-refractivity contribution in [1.82, 2.24) is 4.68 Å². The fraction of sp³-hybridized carbons (Fsp3) is 0.200. The molecule has 1 heterocycles. The Hall–Kier alpha value is -3.06. The van der Waals surface area contributed by atoms with Crippen LogP contribution >= 0.6 is 11.3 Å². The summed E-state index contributed by atoms with van der Waals surface area (Å²) in [5.74, 6) is 0.771. The summed E-state index contributed by atoms with van der Waals surface area (Å²) in [6, 6.07) is 12.2. The fourth-order valence-electron chi connectivity index (χ4n) is 2.63. The predicted octanol–water partition coefficient (Wildman–Crippen LogP) is 3.83. The molecule has 0 aliphatic carbocycles. The number of thiazole rings is 1. The maximum atomic E-state index is 10.1. The van der Waals surface area contributed by atoms with Crippen LogP contribution in [-0.4, -0.2) is 34.3 Å². The molecule has 2 N–H and O–H groups in total. The standard InChI is InChI=1S/C20H21N3O3S/c1-4-21-20-23(22-13(2)17-10-7-15(24)11-19(17)25)18(12-27-20)14-5-8-16(26-3)9-6-14/h5-12,24-25H,4H2,1-3H3. The highest BCUT2D eigenvalue weighted by Gasteiger charge is 2.11. The van der Waals surface area contributed by atoms with Gasteiger partial charge in [-0.3, -0.25) is 4.99 Å². The SMILES string of the molecule is CCN=c1scc(-c2ccc(OC)cc2)n1N=C(C)c1ccc(O)cc1O. The lowest BCUT2D eigenvalue weighted by molar-refractivity contribution is 0.415. The highest BCUT2D eigenvalue weighted by atomic mass is 32.1. The number of nitrogens with zero attached hydrogens (tertiary/aromatic N) is 3. The van der Waals surface area contributed by atoms with Gasteiger partial charge in [0.05, 0.1) is 18.5 Å². The third-order valence-corrected chi connectivity index (χ3v) is 4.84. The summed E-state index contributed by atoms with van der Waals surface area (Å²) in [6.45, 7) is 4.42. The number of phenols is 2. The second-order valence-corrected chi connectivity index (χ2v) is 6.64. The largest absolute Gasteiger partial charge is 0.508 e. The number of aromatic nitrogens is 1. The maximum Gasteiger partial charge on any atom is 0.206 e. The first kappa shape index (κ1) is 18.7. The van der Waals surface area contributed by atoms with Crippen LogP contribution in [0, 0.1) is 0 Å². The van der Waals surface area contributed by atoms with E-state index in [1.165, 1.54) is 23.5 Å². The molecule has 0 radical (unpaired) electrons. The van der Waals surface area contributed by atoms with E-state index in [0.29, 0.717) is 17.8 Å². The topological polar surface area (TPSA) is 79.3 Å². The lowest BCUT2D eigenvalue weighted by Gasteiger charge is -2.08. The summed E-state index contributed by atoms with van der Waals surface area (Å²) < 4.78 is 7.00. The Bertz CT molecular complexity index is 1030. The third-order valence-electron chi connectivity index (χ3n) is 3.99. The van der Waals surface area contributed by atoms with E-state index in [0.717, 1.165) is 21.8 Å². The first-order valence-corrected chi connectivity index (χ1v) is 9.34. The summed E-state index contributed by atoms with van der Waals surface area (Å²) in [5.41, 5.74) is 3.04. The number of rotatable bonds is 5. The van der Waals surface area contributed by atoms with Gasteiger partial charge in [-0.05, 0) is 50.2 Å². The zero-order valence-corrected chi connectivity index (χ0v) is 16.2. The summed E-state index contributed by atoms with van der Waals surface area (Å²) >= 11 is 1.50. The van der Waals surface area contributed by atoms with E-state index in [-0.39, 0.29) is 11.5 Å². The normalized spacial score (nSPS) is 12.4. The molecule has 1 aromatic heterocycles. The molecule has 0 atom stereocenters. The second kappa shape index (κ2) is 8.09. The minimum atomic E-state index is -0.0212. The molecule has 0 spiro atoms. The molecule has 2 aromatic carbocycles. The lowest BCUT2D eigenvalue weighted by Crippen LogP contribution is -2.14. The van der Waals surface area contributed by atoms with Crippen LogP contribution in [0.1, 0.15) is 19.4 Å². The van der Waals surface area contributed by atoms with Crippen molar-refractivity contribution >= 4 is 17.0 Å². The van der Waals surface area contributed by atoms with Gasteiger partial charge in [-0.25, -0.2) is 4.68 Å². The average Bonchev–Trinajstić information content (AvgIpc) is 3.04. The van der Waals surface area contributed by atoms with Crippen LogP contribution in [0.4, 0.5) is 0 Å². The van der Waals surface area contributed by atoms with Gasteiger partial charge in [-0.1, -0.05) is 0 Å². The van der Waals surface area contributed by atoms with Gasteiger partial charge in [-0.15, -0.1) is 11.3 Å². The molecule has 27 heavy (non-hydrogen) atoms. The van der Waals surface area contributed by atoms with Crippen molar-refractivity contribution in [3.8, 4) is 28.5 Å². The Labute approximate surface area is 161 Å². The molecule has 0 bridgehead atoms. The van der Waals surface area contributed by atoms with E-state index in [9.17, 15) is 10.2 Å². The number of ether oxygens (including phenoxy) is 1. The van der Waals surface area contributed by atoms with Crippen molar-refractivity contribution < 1.29 is 14.9 Å². The van der Waals surface area contributed by atoms with Crippen molar-refractivity contribution in [3.63, 3.8) is 0 Å². The quantitative estimate of drug-likeness (QED) is 0.657. The van der Waals surface area contributed by atoms with Crippen LogP contribution in [0.5, 0.6) is 17.2 Å². The Kier molecular flexibility index (Phi) is 5.61. The minimum Gasteiger partial charge on any atom is -0.508 e. The lowest BCUT2D eigenvalue weighted by atomic mass is 10.1. The van der Waals surface area contributed by atoms with Crippen molar-refractivity contribution in [2.24, 2.45) is 10.1 Å². The second-order valence-electron chi connectivity index (χ2n) is 5.81. The smallest absolute Gasteiger partial charge is 0.206 e. The molecule has 3 rings (SSSR count). The zero-order chi connectivity index (χ0) is 19.4. The van der Waals surface area contributed by atoms with Crippen molar-refractivity contribution in [2.45, 2.75) is 13.8 Å². The summed E-state index contributed by atoms with van der Waals surface area (Å²) in [6.07, 6.45) is 0. The molecule has 0 saturated carbocycles. The van der Waals surface area contributed by atoms with E-state index >= 15 is 0 Å². The minimum absolute atomic E-state index is 0.00725. The fourth-order valence-corrected chi connectivity index (χ4v) is 3.53. The van der Waals surface area contributed by atoms with E-state index in [1.807, 2.05) is 43.5 Å². The molecule has 6 nitrogen and oxygen atoms in total. The molecule has 3 aromatic rings. The number of benzene rings is 2. The summed E-state index contributed by atoms with van der Waals surface area (Å²) in [7, 11) is 1.63. The van der Waals surface area contributed by atoms with Gasteiger partial charge < -0.3 is 14.9 Å². The molecule has 7 heteroatoms. The number of hydrogen-bond acceptors (Lipinski definition) is 6. The molecule has 0 aliphatic rings. The number of aromatic hydroxyl groups is 2. The highest BCUT2D eigenvalue weighted by Crippen LogP contribution is 2.25. The first-order valence-electron chi connectivity index (χ1n) is 8.47. The maximum absolute atomic E-state index is 10.1. The molecule has 0 fully saturated rings. The monoisotopic (exact) mass is 383 g/mol. The van der Waals surface area contributed by atoms with E-state index in [4.69, 9.17) is 9.84 Å². The van der Waals surface area contributed by atoms with E-state index < -0.39 is 0 Å². The molecular weight excluding hydrogens is 362 g/mol. The molecule has 0 amide bonds. The van der Waals surface area contributed by atoms with Gasteiger partial charge in [0.2, 0.25) is 4.80 Å². The van der Waals surface area contributed by atoms with Gasteiger partial charge in [0.25, 0.3) is 0 Å². The number of phenolic OH excluding ortho intramolecular Hbond substituents is 2. The molecule has 0 aliphatic heterocycles. The van der Waals surface area contributed by atoms with Gasteiger partial charge in [0, 0.05) is 29.1 Å². The van der Waals surface area contributed by atoms with Gasteiger partial charge in [-0.2, -0.15) is 5.10 Å². The van der Waals surface area contributed by atoms with Crippen LogP contribution in [0.25, 0.3) is 11.3 Å². The number of methoxy groups -OCH3 is 1. The molecule has 140 valence electrons. The van der Waals surface area contributed by atoms with Crippen LogP contribution in [0.2, 0.25) is 0 Å². The van der Waals surface area contributed by atoms with Gasteiger partial charge >= 0.3 is 0 Å². The van der Waals surface area contributed by atoms with Crippen LogP contribution in [-0.2, 0) is 0 Å².